The fourth-order valence-electron chi connectivity index (χ4n) is 2.78. The Kier molecular flexibility index (Phi) is 4.89. The molecule has 0 aromatic heterocycles. The predicted molar refractivity (Wildman–Crippen MR) is 77.8 cm³/mol. The Morgan fingerprint density at radius 1 is 1.50 bits per heavy atom. The molecule has 0 bridgehead atoms. The van der Waals surface area contributed by atoms with E-state index in [1.807, 2.05) is 0 Å². The third-order valence-corrected chi connectivity index (χ3v) is 4.35. The number of hydrogen-bond donors (Lipinski definition) is 2. The largest absolute Gasteiger partial charge is 0.508 e. The van der Waals surface area contributed by atoms with E-state index in [2.05, 4.69) is 6.92 Å². The van der Waals surface area contributed by atoms with Crippen LogP contribution in [-0.4, -0.2) is 40.2 Å². The van der Waals surface area contributed by atoms with Crippen molar-refractivity contribution in [3.63, 3.8) is 0 Å². The monoisotopic (exact) mass is 297 g/mol. The Labute approximate surface area is 124 Å². The van der Waals surface area contributed by atoms with Gasteiger partial charge < -0.3 is 15.1 Å². The molecular formula is C15H20ClNO3. The third kappa shape index (κ3) is 3.25. The molecule has 1 fully saturated rings. The summed E-state index contributed by atoms with van der Waals surface area (Å²) in [5.74, 6) is 0.377. The van der Waals surface area contributed by atoms with Crippen molar-refractivity contribution in [3.05, 3.63) is 28.8 Å². The van der Waals surface area contributed by atoms with E-state index < -0.39 is 0 Å². The van der Waals surface area contributed by atoms with Gasteiger partial charge in [-0.25, -0.2) is 0 Å². The second kappa shape index (κ2) is 6.46. The Hall–Kier alpha value is -1.26. The summed E-state index contributed by atoms with van der Waals surface area (Å²) in [6.45, 7) is 2.74. The summed E-state index contributed by atoms with van der Waals surface area (Å²) in [4.78, 5) is 14.2. The van der Waals surface area contributed by atoms with E-state index >= 15 is 0 Å². The molecule has 1 aromatic rings. The quantitative estimate of drug-likeness (QED) is 0.899. The Morgan fingerprint density at radius 3 is 2.90 bits per heavy atom. The van der Waals surface area contributed by atoms with Crippen molar-refractivity contribution < 1.29 is 15.0 Å². The minimum atomic E-state index is -0.104. The van der Waals surface area contributed by atoms with Crippen LogP contribution in [0.5, 0.6) is 5.75 Å². The smallest absolute Gasteiger partial charge is 0.227 e. The molecule has 2 atom stereocenters. The molecule has 20 heavy (non-hydrogen) atoms. The zero-order valence-corrected chi connectivity index (χ0v) is 12.3. The minimum Gasteiger partial charge on any atom is -0.508 e. The van der Waals surface area contributed by atoms with Crippen LogP contribution in [0.15, 0.2) is 18.2 Å². The van der Waals surface area contributed by atoms with Crippen molar-refractivity contribution in [3.8, 4) is 5.75 Å². The number of aliphatic hydroxyl groups excluding tert-OH is 1. The van der Waals surface area contributed by atoms with Crippen molar-refractivity contribution in [1.29, 1.82) is 0 Å². The number of phenolic OH excluding ortho intramolecular Hbond substituents is 1. The molecule has 1 aliphatic heterocycles. The number of aliphatic hydroxyl groups is 1. The summed E-state index contributed by atoms with van der Waals surface area (Å²) in [5, 5.41) is 19.2. The third-order valence-electron chi connectivity index (χ3n) is 4.00. The number of benzene rings is 1. The molecule has 1 heterocycles. The van der Waals surface area contributed by atoms with Crippen molar-refractivity contribution in [2.24, 2.45) is 5.92 Å². The lowest BCUT2D eigenvalue weighted by Gasteiger charge is -2.39. The summed E-state index contributed by atoms with van der Waals surface area (Å²) in [6.07, 6.45) is 2.20. The SMILES string of the molecule is C[C@@H]1CCCN(C(=O)Cc2ccc(O)cc2Cl)[C@H]1CO. The number of carbonyl (C=O) groups excluding carboxylic acids is 1. The van der Waals surface area contributed by atoms with Gasteiger partial charge in [0.25, 0.3) is 0 Å². The lowest BCUT2D eigenvalue weighted by molar-refractivity contribution is -0.136. The van der Waals surface area contributed by atoms with Crippen molar-refractivity contribution in [2.75, 3.05) is 13.2 Å². The van der Waals surface area contributed by atoms with Crippen LogP contribution >= 0.6 is 11.6 Å². The lowest BCUT2D eigenvalue weighted by atomic mass is 9.91. The number of hydrogen-bond acceptors (Lipinski definition) is 3. The standard InChI is InChI=1S/C15H20ClNO3/c1-10-3-2-6-17(14(10)9-18)15(20)7-11-4-5-12(19)8-13(11)16/h4-5,8,10,14,18-19H,2-3,6-7,9H2,1H3/t10-,14+/m1/s1. The molecule has 2 N–H and O–H groups in total. The van der Waals surface area contributed by atoms with Gasteiger partial charge in [-0.3, -0.25) is 4.79 Å². The maximum atomic E-state index is 12.4. The predicted octanol–water partition coefficient (Wildman–Crippen LogP) is 2.21. The molecule has 0 aliphatic carbocycles. The van der Waals surface area contributed by atoms with Crippen LogP contribution < -0.4 is 0 Å². The summed E-state index contributed by atoms with van der Waals surface area (Å²) < 4.78 is 0. The molecule has 2 rings (SSSR count). The fraction of sp³-hybridized carbons (Fsp3) is 0.533. The molecule has 1 aliphatic rings. The average molecular weight is 298 g/mol. The number of carbonyl (C=O) groups is 1. The van der Waals surface area contributed by atoms with Gasteiger partial charge in [-0.2, -0.15) is 0 Å². The molecule has 0 radical (unpaired) electrons. The molecule has 1 aromatic carbocycles. The summed E-state index contributed by atoms with van der Waals surface area (Å²) >= 11 is 6.03. The van der Waals surface area contributed by atoms with Crippen molar-refractivity contribution in [2.45, 2.75) is 32.2 Å². The van der Waals surface area contributed by atoms with Gasteiger partial charge in [-0.15, -0.1) is 0 Å². The number of nitrogens with zero attached hydrogens (tertiary/aromatic N) is 1. The van der Waals surface area contributed by atoms with Gasteiger partial charge >= 0.3 is 0 Å². The van der Waals surface area contributed by atoms with E-state index in [9.17, 15) is 15.0 Å². The molecule has 1 saturated heterocycles. The summed E-state index contributed by atoms with van der Waals surface area (Å²) in [5.41, 5.74) is 0.699. The average Bonchev–Trinajstić information content (AvgIpc) is 2.41. The number of amides is 1. The highest BCUT2D eigenvalue weighted by molar-refractivity contribution is 6.31. The lowest BCUT2D eigenvalue weighted by Crippen LogP contribution is -2.50. The first-order chi connectivity index (χ1) is 9.52. The Bertz CT molecular complexity index is 492. The van der Waals surface area contributed by atoms with Gasteiger partial charge in [0, 0.05) is 11.6 Å². The molecule has 0 saturated carbocycles. The van der Waals surface area contributed by atoms with Crippen LogP contribution in [0.3, 0.4) is 0 Å². The molecule has 4 nitrogen and oxygen atoms in total. The number of likely N-dealkylation sites (tertiary alicyclic amines) is 1. The van der Waals surface area contributed by atoms with E-state index in [4.69, 9.17) is 11.6 Å². The number of aromatic hydroxyl groups is 1. The van der Waals surface area contributed by atoms with Gasteiger partial charge in [-0.1, -0.05) is 24.6 Å². The highest BCUT2D eigenvalue weighted by Gasteiger charge is 2.31. The van der Waals surface area contributed by atoms with Crippen molar-refractivity contribution >= 4 is 17.5 Å². The zero-order chi connectivity index (χ0) is 14.7. The first-order valence-corrected chi connectivity index (χ1v) is 7.28. The maximum absolute atomic E-state index is 12.4. The van der Waals surface area contributed by atoms with E-state index in [-0.39, 0.29) is 30.7 Å². The summed E-state index contributed by atoms with van der Waals surface area (Å²) in [6, 6.07) is 4.52. The highest BCUT2D eigenvalue weighted by atomic mass is 35.5. The number of halogens is 1. The number of piperidine rings is 1. The Balaban J connectivity index is 2.10. The van der Waals surface area contributed by atoms with Crippen LogP contribution in [0.25, 0.3) is 0 Å². The Morgan fingerprint density at radius 2 is 2.25 bits per heavy atom. The first kappa shape index (κ1) is 15.1. The second-order valence-corrected chi connectivity index (χ2v) is 5.82. The van der Waals surface area contributed by atoms with Crippen LogP contribution in [0.1, 0.15) is 25.3 Å². The highest BCUT2D eigenvalue weighted by Crippen LogP contribution is 2.26. The second-order valence-electron chi connectivity index (χ2n) is 5.41. The normalized spacial score (nSPS) is 22.9. The maximum Gasteiger partial charge on any atom is 0.227 e. The molecule has 1 amide bonds. The van der Waals surface area contributed by atoms with E-state index in [0.29, 0.717) is 23.0 Å². The minimum absolute atomic E-state index is 0.00375. The van der Waals surface area contributed by atoms with Gasteiger partial charge in [0.2, 0.25) is 5.91 Å². The zero-order valence-electron chi connectivity index (χ0n) is 11.6. The molecule has 5 heteroatoms. The topological polar surface area (TPSA) is 60.8 Å². The van der Waals surface area contributed by atoms with Crippen LogP contribution in [0, 0.1) is 5.92 Å². The van der Waals surface area contributed by atoms with Crippen molar-refractivity contribution in [1.82, 2.24) is 4.90 Å². The first-order valence-electron chi connectivity index (χ1n) is 6.90. The van der Waals surface area contributed by atoms with Crippen LogP contribution in [0.2, 0.25) is 5.02 Å². The molecule has 0 unspecified atom stereocenters. The van der Waals surface area contributed by atoms with Gasteiger partial charge in [0.1, 0.15) is 5.75 Å². The number of rotatable bonds is 3. The molecular weight excluding hydrogens is 278 g/mol. The van der Waals surface area contributed by atoms with Crippen LogP contribution in [0.4, 0.5) is 0 Å². The van der Waals surface area contributed by atoms with E-state index in [1.165, 1.54) is 12.1 Å². The summed E-state index contributed by atoms with van der Waals surface area (Å²) in [7, 11) is 0. The van der Waals surface area contributed by atoms with E-state index in [1.54, 1.807) is 11.0 Å². The van der Waals surface area contributed by atoms with E-state index in [0.717, 1.165) is 12.8 Å². The van der Waals surface area contributed by atoms with Crippen LogP contribution in [-0.2, 0) is 11.2 Å². The number of phenols is 1. The van der Waals surface area contributed by atoms with Gasteiger partial charge in [0.15, 0.2) is 0 Å². The fourth-order valence-corrected chi connectivity index (χ4v) is 3.02. The van der Waals surface area contributed by atoms with Gasteiger partial charge in [0.05, 0.1) is 19.1 Å². The molecule has 110 valence electrons. The van der Waals surface area contributed by atoms with Gasteiger partial charge in [-0.05, 0) is 36.5 Å². The molecule has 0 spiro atoms.